The zero-order valence-corrected chi connectivity index (χ0v) is 10.3. The number of carbonyl (C=O) groups is 1. The molecule has 92 valence electrons. The highest BCUT2D eigenvalue weighted by Gasteiger charge is 2.45. The number of nitrogens with zero attached hydrogens (tertiary/aromatic N) is 1. The maximum atomic E-state index is 11.6. The number of hydrogen-bond acceptors (Lipinski definition) is 5. The molecule has 0 rings (SSSR count). The number of nitroso groups, excluding NO2 is 1. The summed E-state index contributed by atoms with van der Waals surface area (Å²) in [4.78, 5) is 22.5. The van der Waals surface area contributed by atoms with Gasteiger partial charge >= 0.3 is 5.97 Å². The smallest absolute Gasteiger partial charge is 0.365 e. The number of esters is 1. The monoisotopic (exact) mass is 229 g/mol. The van der Waals surface area contributed by atoms with E-state index in [-0.39, 0.29) is 6.42 Å². The van der Waals surface area contributed by atoms with Crippen molar-refractivity contribution < 1.29 is 14.3 Å². The molecule has 0 aliphatic carbocycles. The first-order valence-corrected chi connectivity index (χ1v) is 5.05. The van der Waals surface area contributed by atoms with Gasteiger partial charge in [-0.25, -0.2) is 4.79 Å². The van der Waals surface area contributed by atoms with Crippen LogP contribution in [0.1, 0.15) is 33.6 Å². The van der Waals surface area contributed by atoms with E-state index >= 15 is 0 Å². The first kappa shape index (κ1) is 14.8. The predicted molar refractivity (Wildman–Crippen MR) is 60.8 cm³/mol. The molecule has 0 saturated carbocycles. The lowest BCUT2D eigenvalue weighted by atomic mass is 10.1. The first-order valence-electron chi connectivity index (χ1n) is 5.05. The van der Waals surface area contributed by atoms with E-state index in [1.165, 1.54) is 7.11 Å². The fourth-order valence-electron chi connectivity index (χ4n) is 1.26. The molecule has 0 radical (unpaired) electrons. The Morgan fingerprint density at radius 3 is 2.31 bits per heavy atom. The van der Waals surface area contributed by atoms with E-state index in [0.29, 0.717) is 6.42 Å². The lowest BCUT2D eigenvalue weighted by Crippen LogP contribution is -2.45. The summed E-state index contributed by atoms with van der Waals surface area (Å²) < 4.78 is 9.99. The second kappa shape index (κ2) is 5.75. The quantitative estimate of drug-likeness (QED) is 0.398. The predicted octanol–water partition coefficient (Wildman–Crippen LogP) is 2.40. The third-order valence-electron chi connectivity index (χ3n) is 1.81. The van der Waals surface area contributed by atoms with E-state index in [4.69, 9.17) is 4.74 Å². The van der Waals surface area contributed by atoms with E-state index in [0.717, 1.165) is 0 Å². The van der Waals surface area contributed by atoms with Crippen molar-refractivity contribution in [3.63, 3.8) is 0 Å². The van der Waals surface area contributed by atoms with Crippen molar-refractivity contribution in [3.8, 4) is 0 Å². The first-order chi connectivity index (χ1) is 7.31. The van der Waals surface area contributed by atoms with Gasteiger partial charge in [0.2, 0.25) is 0 Å². The summed E-state index contributed by atoms with van der Waals surface area (Å²) in [7, 11) is 1.20. The number of allylic oxidation sites excluding steroid dienone is 1. The van der Waals surface area contributed by atoms with Crippen molar-refractivity contribution in [3.05, 3.63) is 17.6 Å². The van der Waals surface area contributed by atoms with Gasteiger partial charge in [0.15, 0.2) is 0 Å². The molecular weight excluding hydrogens is 210 g/mol. The molecule has 0 N–H and O–H groups in total. The molecule has 0 fully saturated rings. The van der Waals surface area contributed by atoms with E-state index in [9.17, 15) is 9.70 Å². The zero-order chi connectivity index (χ0) is 12.8. The summed E-state index contributed by atoms with van der Waals surface area (Å²) in [5, 5.41) is 2.82. The molecule has 0 spiro atoms. The van der Waals surface area contributed by atoms with Crippen LogP contribution in [0.5, 0.6) is 0 Å². The summed E-state index contributed by atoms with van der Waals surface area (Å²) in [6.45, 7) is 8.75. The third-order valence-corrected chi connectivity index (χ3v) is 1.81. The van der Waals surface area contributed by atoms with E-state index < -0.39 is 17.3 Å². The Kier molecular flexibility index (Phi) is 5.30. The van der Waals surface area contributed by atoms with Crippen LogP contribution in [0.15, 0.2) is 17.8 Å². The fourth-order valence-corrected chi connectivity index (χ4v) is 1.26. The van der Waals surface area contributed by atoms with Crippen LogP contribution in [0.25, 0.3) is 0 Å². The third kappa shape index (κ3) is 4.10. The van der Waals surface area contributed by atoms with Crippen molar-refractivity contribution in [1.82, 2.24) is 0 Å². The molecule has 0 aromatic heterocycles. The van der Waals surface area contributed by atoms with Crippen LogP contribution in [-0.2, 0) is 14.3 Å². The second-order valence-corrected chi connectivity index (χ2v) is 4.41. The molecule has 0 heterocycles. The molecular formula is C11H19NO4. The van der Waals surface area contributed by atoms with Crippen molar-refractivity contribution in [2.45, 2.75) is 44.9 Å². The minimum atomic E-state index is -1.78. The van der Waals surface area contributed by atoms with Gasteiger partial charge < -0.3 is 9.47 Å². The second-order valence-electron chi connectivity index (χ2n) is 4.41. The van der Waals surface area contributed by atoms with Crippen molar-refractivity contribution in [2.24, 2.45) is 5.18 Å². The molecule has 5 nitrogen and oxygen atoms in total. The number of hydrogen-bond donors (Lipinski definition) is 0. The SMILES string of the molecule is C=CCC[C@](N=O)(OC(C)(C)C)C(=O)OC. The van der Waals surface area contributed by atoms with Crippen LogP contribution in [0, 0.1) is 4.91 Å². The van der Waals surface area contributed by atoms with Gasteiger partial charge in [-0.3, -0.25) is 0 Å². The fraction of sp³-hybridized carbons (Fsp3) is 0.727. The van der Waals surface area contributed by atoms with Gasteiger partial charge in [-0.2, -0.15) is 0 Å². The highest BCUT2D eigenvalue weighted by atomic mass is 16.6. The molecule has 1 atom stereocenters. The van der Waals surface area contributed by atoms with Crippen molar-refractivity contribution in [2.75, 3.05) is 7.11 Å². The Bertz CT molecular complexity index is 270. The van der Waals surface area contributed by atoms with Crippen LogP contribution in [0.3, 0.4) is 0 Å². The Morgan fingerprint density at radius 1 is 1.44 bits per heavy atom. The molecule has 0 amide bonds. The summed E-state index contributed by atoms with van der Waals surface area (Å²) in [6.07, 6.45) is 2.16. The normalized spacial score (nSPS) is 15.0. The highest BCUT2D eigenvalue weighted by Crippen LogP contribution is 2.28. The van der Waals surface area contributed by atoms with Gasteiger partial charge in [-0.05, 0) is 32.4 Å². The Labute approximate surface area is 95.8 Å². The number of carbonyl (C=O) groups excluding carboxylic acids is 1. The topological polar surface area (TPSA) is 65.0 Å². The minimum absolute atomic E-state index is 0.129. The average molecular weight is 229 g/mol. The Hall–Kier alpha value is -1.23. The molecule has 0 aliphatic rings. The van der Waals surface area contributed by atoms with Gasteiger partial charge in [-0.1, -0.05) is 6.08 Å². The molecule has 0 unspecified atom stereocenters. The van der Waals surface area contributed by atoms with Gasteiger partial charge in [0.25, 0.3) is 5.72 Å². The van der Waals surface area contributed by atoms with Crippen LogP contribution < -0.4 is 0 Å². The summed E-state index contributed by atoms with van der Waals surface area (Å²) >= 11 is 0. The highest BCUT2D eigenvalue weighted by molar-refractivity contribution is 5.79. The average Bonchev–Trinajstić information content (AvgIpc) is 2.21. The standard InChI is InChI=1S/C11H19NO4/c1-6-7-8-11(12-14,9(13)15-5)16-10(2,3)4/h6H,1,7-8H2,2-5H3/t11-/m0/s1. The maximum Gasteiger partial charge on any atom is 0.365 e. The number of methoxy groups -OCH3 is 1. The largest absolute Gasteiger partial charge is 0.465 e. The molecule has 0 bridgehead atoms. The molecule has 0 saturated heterocycles. The van der Waals surface area contributed by atoms with Crippen LogP contribution >= 0.6 is 0 Å². The summed E-state index contributed by atoms with van der Waals surface area (Å²) in [6, 6.07) is 0. The van der Waals surface area contributed by atoms with E-state index in [2.05, 4.69) is 16.5 Å². The van der Waals surface area contributed by atoms with Crippen LogP contribution in [0.4, 0.5) is 0 Å². The molecule has 5 heteroatoms. The molecule has 0 aromatic rings. The molecule has 0 aliphatic heterocycles. The van der Waals surface area contributed by atoms with Gasteiger partial charge in [0.1, 0.15) is 0 Å². The van der Waals surface area contributed by atoms with Crippen molar-refractivity contribution >= 4 is 5.97 Å². The lowest BCUT2D eigenvalue weighted by Gasteiger charge is -2.31. The van der Waals surface area contributed by atoms with Crippen molar-refractivity contribution in [1.29, 1.82) is 0 Å². The Balaban J connectivity index is 5.02. The van der Waals surface area contributed by atoms with Crippen LogP contribution in [-0.4, -0.2) is 24.4 Å². The van der Waals surface area contributed by atoms with Gasteiger partial charge in [0, 0.05) is 6.42 Å². The van der Waals surface area contributed by atoms with E-state index in [1.54, 1.807) is 26.8 Å². The summed E-state index contributed by atoms with van der Waals surface area (Å²) in [5.74, 6) is -0.778. The lowest BCUT2D eigenvalue weighted by molar-refractivity contribution is -0.188. The summed E-state index contributed by atoms with van der Waals surface area (Å²) in [5.41, 5.74) is -2.44. The van der Waals surface area contributed by atoms with Gasteiger partial charge in [0.05, 0.1) is 12.7 Å². The molecule has 16 heavy (non-hydrogen) atoms. The number of rotatable bonds is 6. The number of ether oxygens (including phenoxy) is 2. The zero-order valence-electron chi connectivity index (χ0n) is 10.3. The van der Waals surface area contributed by atoms with Crippen LogP contribution in [0.2, 0.25) is 0 Å². The minimum Gasteiger partial charge on any atom is -0.465 e. The van der Waals surface area contributed by atoms with E-state index in [1.807, 2.05) is 0 Å². The maximum absolute atomic E-state index is 11.6. The molecule has 0 aromatic carbocycles. The Morgan fingerprint density at radius 2 is 2.00 bits per heavy atom. The van der Waals surface area contributed by atoms with Gasteiger partial charge in [-0.15, -0.1) is 11.5 Å².